The first-order valence-electron chi connectivity index (χ1n) is 8.92. The van der Waals surface area contributed by atoms with Crippen molar-refractivity contribution in [1.82, 2.24) is 10.3 Å². The van der Waals surface area contributed by atoms with Crippen molar-refractivity contribution < 1.29 is 60.7 Å². The Morgan fingerprint density at radius 3 is 2.83 bits per heavy atom. The largest absolute Gasteiger partial charge is 1.00 e. The number of aliphatic imine (C=N–C) groups is 1. The van der Waals surface area contributed by atoms with Crippen LogP contribution in [-0.4, -0.2) is 41.7 Å². The summed E-state index contributed by atoms with van der Waals surface area (Å²) in [6.45, 7) is 5.07. The maximum absolute atomic E-state index is 12.4. The van der Waals surface area contributed by atoms with E-state index in [1.807, 2.05) is 31.2 Å². The normalized spacial score (nSPS) is 17.0. The first kappa shape index (κ1) is 24.3. The third-order valence-electron chi connectivity index (χ3n) is 4.27. The number of aromatic nitrogens is 1. The Bertz CT molecular complexity index is 919. The summed E-state index contributed by atoms with van der Waals surface area (Å²) in [5.41, 5.74) is 3.32. The Morgan fingerprint density at radius 2 is 2.14 bits per heavy atom. The van der Waals surface area contributed by atoms with E-state index in [-0.39, 0.29) is 63.3 Å². The molecule has 1 aliphatic rings. The van der Waals surface area contributed by atoms with E-state index in [0.29, 0.717) is 5.56 Å². The van der Waals surface area contributed by atoms with E-state index >= 15 is 0 Å². The summed E-state index contributed by atoms with van der Waals surface area (Å²) < 4.78 is 1.63. The summed E-state index contributed by atoms with van der Waals surface area (Å²) >= 11 is 3.33. The number of benzene rings is 1. The molecule has 1 aromatic heterocycles. The van der Waals surface area contributed by atoms with Gasteiger partial charge in [0.25, 0.3) is 5.91 Å². The Kier molecular flexibility index (Phi) is 9.08. The van der Waals surface area contributed by atoms with Crippen molar-refractivity contribution in [3.05, 3.63) is 77.3 Å². The molecular formula is C21H23BrKN5O. The minimum absolute atomic E-state index is 0. The Labute approximate surface area is 223 Å². The van der Waals surface area contributed by atoms with Crippen LogP contribution in [0.3, 0.4) is 0 Å². The maximum atomic E-state index is 12.4. The molecule has 6 nitrogen and oxygen atoms in total. The van der Waals surface area contributed by atoms with Gasteiger partial charge >= 0.3 is 51.4 Å². The number of hydrogen-bond acceptors (Lipinski definition) is 4. The molecule has 2 N–H and O–H groups in total. The number of carbonyl (C=O) groups excluding carboxylic acids is 1. The fourth-order valence-electron chi connectivity index (χ4n) is 2.85. The molecule has 3 rings (SSSR count). The molecule has 1 unspecified atom stereocenters. The van der Waals surface area contributed by atoms with Gasteiger partial charge in [-0.05, 0) is 52.3 Å². The van der Waals surface area contributed by atoms with Crippen LogP contribution in [0, 0.1) is 12.7 Å². The van der Waals surface area contributed by atoms with Crippen LogP contribution < -0.4 is 62.0 Å². The zero-order valence-corrected chi connectivity index (χ0v) is 21.8. The van der Waals surface area contributed by atoms with Gasteiger partial charge in [-0.1, -0.05) is 12.1 Å². The number of pyridine rings is 1. The molecule has 146 valence electrons. The SMILES string of the molecule is CC(N[C-]=CN=C1[CH-][N+](C)(C)C1)c1cccc(NC(=O)c2cncc(Br)c2)c1.[K+]. The number of nitrogens with one attached hydrogen (secondary N) is 2. The van der Waals surface area contributed by atoms with Crippen molar-refractivity contribution >= 4 is 33.2 Å². The number of nitrogens with zero attached hydrogens (tertiary/aromatic N) is 3. The van der Waals surface area contributed by atoms with Crippen molar-refractivity contribution in [1.29, 1.82) is 0 Å². The quantitative estimate of drug-likeness (QED) is 0.277. The summed E-state index contributed by atoms with van der Waals surface area (Å²) in [6, 6.07) is 9.47. The van der Waals surface area contributed by atoms with Crippen molar-refractivity contribution in [2.75, 3.05) is 26.0 Å². The van der Waals surface area contributed by atoms with E-state index in [0.717, 1.165) is 32.5 Å². The Hall–Kier alpha value is -1.00. The van der Waals surface area contributed by atoms with Crippen LogP contribution in [0.15, 0.2) is 58.4 Å². The molecule has 8 heteroatoms. The molecule has 0 bridgehead atoms. The number of anilines is 1. The average Bonchev–Trinajstić information content (AvgIpc) is 2.63. The molecule has 0 spiro atoms. The predicted octanol–water partition coefficient (Wildman–Crippen LogP) is 0.718. The minimum Gasteiger partial charge on any atom is -0.560 e. The van der Waals surface area contributed by atoms with Gasteiger partial charge in [-0.3, -0.25) is 9.78 Å². The van der Waals surface area contributed by atoms with E-state index in [1.54, 1.807) is 18.5 Å². The number of likely N-dealkylation sites (tertiary alicyclic amines) is 1. The minimum atomic E-state index is -0.202. The molecule has 29 heavy (non-hydrogen) atoms. The zero-order chi connectivity index (χ0) is 20.1. The van der Waals surface area contributed by atoms with Gasteiger partial charge in [-0.15, -0.1) is 6.20 Å². The van der Waals surface area contributed by atoms with E-state index in [2.05, 4.69) is 63.4 Å². The fraction of sp³-hybridized carbons (Fsp3) is 0.238. The van der Waals surface area contributed by atoms with Crippen molar-refractivity contribution in [3.63, 3.8) is 0 Å². The van der Waals surface area contributed by atoms with Gasteiger partial charge in [0.05, 0.1) is 12.1 Å². The van der Waals surface area contributed by atoms with Crippen LogP contribution >= 0.6 is 15.9 Å². The fourth-order valence-corrected chi connectivity index (χ4v) is 3.22. The number of carbonyl (C=O) groups is 1. The first-order valence-corrected chi connectivity index (χ1v) is 9.71. The first-order chi connectivity index (χ1) is 13.3. The molecule has 0 saturated carbocycles. The second kappa shape index (κ2) is 10.9. The van der Waals surface area contributed by atoms with Crippen LogP contribution in [0.1, 0.15) is 28.9 Å². The molecule has 2 aromatic rings. The van der Waals surface area contributed by atoms with Gasteiger partial charge in [-0.2, -0.15) is 6.54 Å². The summed E-state index contributed by atoms with van der Waals surface area (Å²) in [5, 5.41) is 6.08. The van der Waals surface area contributed by atoms with E-state index < -0.39 is 0 Å². The molecule has 0 aliphatic carbocycles. The van der Waals surface area contributed by atoms with Crippen molar-refractivity contribution in [3.8, 4) is 0 Å². The Balaban J connectivity index is 0.00000300. The summed E-state index contributed by atoms with van der Waals surface area (Å²) in [6.07, 6.45) is 7.85. The number of amides is 1. The van der Waals surface area contributed by atoms with Crippen LogP contribution in [0.25, 0.3) is 0 Å². The average molecular weight is 480 g/mol. The second-order valence-electron chi connectivity index (χ2n) is 7.30. The summed E-state index contributed by atoms with van der Waals surface area (Å²) in [5.74, 6) is -0.202. The summed E-state index contributed by atoms with van der Waals surface area (Å²) in [4.78, 5) is 20.8. The Morgan fingerprint density at radius 1 is 1.38 bits per heavy atom. The molecule has 1 amide bonds. The topological polar surface area (TPSA) is 66.4 Å². The number of halogens is 1. The molecule has 1 aliphatic heterocycles. The smallest absolute Gasteiger partial charge is 0.560 e. The summed E-state index contributed by atoms with van der Waals surface area (Å²) in [7, 11) is 4.26. The second-order valence-corrected chi connectivity index (χ2v) is 8.21. The van der Waals surface area contributed by atoms with Gasteiger partial charge in [0.1, 0.15) is 0 Å². The van der Waals surface area contributed by atoms with Gasteiger partial charge in [-0.25, -0.2) is 0 Å². The van der Waals surface area contributed by atoms with Crippen LogP contribution in [0.4, 0.5) is 5.69 Å². The van der Waals surface area contributed by atoms with Crippen molar-refractivity contribution in [2.24, 2.45) is 4.99 Å². The van der Waals surface area contributed by atoms with Gasteiger partial charge < -0.3 is 26.3 Å². The predicted molar refractivity (Wildman–Crippen MR) is 114 cm³/mol. The zero-order valence-electron chi connectivity index (χ0n) is 17.1. The molecule has 2 heterocycles. The molecular weight excluding hydrogens is 457 g/mol. The van der Waals surface area contributed by atoms with E-state index in [4.69, 9.17) is 0 Å². The molecule has 1 aromatic carbocycles. The molecule has 1 fully saturated rings. The monoisotopic (exact) mass is 479 g/mol. The van der Waals surface area contributed by atoms with Gasteiger partial charge in [0, 0.05) is 42.7 Å². The van der Waals surface area contributed by atoms with Crippen LogP contribution in [0.5, 0.6) is 0 Å². The van der Waals surface area contributed by atoms with Crippen LogP contribution in [-0.2, 0) is 0 Å². The number of rotatable bonds is 6. The molecule has 1 atom stereocenters. The third-order valence-corrected chi connectivity index (χ3v) is 4.71. The number of hydrogen-bond donors (Lipinski definition) is 2. The van der Waals surface area contributed by atoms with Gasteiger partial charge in [0.2, 0.25) is 0 Å². The van der Waals surface area contributed by atoms with E-state index in [9.17, 15) is 4.79 Å². The van der Waals surface area contributed by atoms with Gasteiger partial charge in [0.15, 0.2) is 0 Å². The van der Waals surface area contributed by atoms with Crippen molar-refractivity contribution in [2.45, 2.75) is 13.0 Å². The molecule has 1 saturated heterocycles. The third kappa shape index (κ3) is 7.32. The molecule has 0 radical (unpaired) electrons. The van der Waals surface area contributed by atoms with Crippen LogP contribution in [0.2, 0.25) is 0 Å². The maximum Gasteiger partial charge on any atom is 1.00 e. The number of quaternary nitrogens is 1. The standard InChI is InChI=1S/C21H23BrN5O.K/c1-15(24-7-8-25-20-13-27(2,3)14-20)16-5-4-6-19(10-16)26-21(28)17-9-18(22)12-23-11-17;/h4-6,8-13,15,24H,14H2,1-3H3,(H,26,28);/q-1;+1. The van der Waals surface area contributed by atoms with E-state index in [1.165, 1.54) is 6.20 Å².